The number of hydrogen-bond acceptors (Lipinski definition) is 4. The summed E-state index contributed by atoms with van der Waals surface area (Å²) >= 11 is 6.06. The Morgan fingerprint density at radius 1 is 1.00 bits per heavy atom. The fraction of sp³-hybridized carbons (Fsp3) is 0.130. The molecule has 5 nitrogen and oxygen atoms in total. The van der Waals surface area contributed by atoms with Crippen LogP contribution in [0.4, 0.5) is 11.4 Å². The highest BCUT2D eigenvalue weighted by molar-refractivity contribution is 6.30. The molecule has 2 atom stereocenters. The van der Waals surface area contributed by atoms with E-state index in [2.05, 4.69) is 5.32 Å². The normalized spacial score (nSPS) is 23.0. The zero-order chi connectivity index (χ0) is 20.0. The van der Waals surface area contributed by atoms with E-state index in [-0.39, 0.29) is 12.3 Å². The number of amides is 1. The number of nitrogens with one attached hydrogen (secondary N) is 1. The number of para-hydroxylation sites is 1. The number of fused-ring (bicyclic) bond motifs is 1. The summed E-state index contributed by atoms with van der Waals surface area (Å²) in [6, 6.07) is 24.2. The van der Waals surface area contributed by atoms with Crippen LogP contribution in [0.15, 0.2) is 84.0 Å². The Balaban J connectivity index is 1.68. The third kappa shape index (κ3) is 2.74. The summed E-state index contributed by atoms with van der Waals surface area (Å²) in [5.41, 5.74) is 2.37. The van der Waals surface area contributed by atoms with Crippen LogP contribution in [0.25, 0.3) is 0 Å². The van der Waals surface area contributed by atoms with Crippen LogP contribution in [-0.2, 0) is 4.79 Å². The van der Waals surface area contributed by atoms with Gasteiger partial charge in [-0.25, -0.2) is 5.01 Å². The number of anilines is 2. The van der Waals surface area contributed by atoms with Crippen molar-refractivity contribution in [2.24, 2.45) is 5.10 Å². The predicted octanol–water partition coefficient (Wildman–Crippen LogP) is 4.38. The van der Waals surface area contributed by atoms with E-state index in [9.17, 15) is 9.90 Å². The molecule has 0 radical (unpaired) electrons. The van der Waals surface area contributed by atoms with E-state index in [0.29, 0.717) is 22.0 Å². The first-order valence-corrected chi connectivity index (χ1v) is 9.74. The molecule has 0 aliphatic carbocycles. The second-order valence-electron chi connectivity index (χ2n) is 7.25. The molecule has 5 rings (SSSR count). The number of benzene rings is 3. The van der Waals surface area contributed by atoms with Crippen LogP contribution < -0.4 is 10.3 Å². The second kappa shape index (κ2) is 6.72. The van der Waals surface area contributed by atoms with Crippen molar-refractivity contribution in [2.45, 2.75) is 18.1 Å². The maximum Gasteiger partial charge on any atom is 0.255 e. The predicted molar refractivity (Wildman–Crippen MR) is 114 cm³/mol. The molecular formula is C23H18ClN3O2. The summed E-state index contributed by atoms with van der Waals surface area (Å²) in [4.78, 5) is 13.4. The van der Waals surface area contributed by atoms with Crippen LogP contribution in [-0.4, -0.2) is 22.3 Å². The smallest absolute Gasteiger partial charge is 0.255 e. The number of rotatable bonds is 2. The quantitative estimate of drug-likeness (QED) is 0.667. The Hall–Kier alpha value is -3.15. The first kappa shape index (κ1) is 17.9. The molecule has 3 aromatic rings. The zero-order valence-corrected chi connectivity index (χ0v) is 16.2. The molecular weight excluding hydrogens is 386 g/mol. The first-order chi connectivity index (χ1) is 14.1. The van der Waals surface area contributed by atoms with Crippen LogP contribution in [0.3, 0.4) is 0 Å². The number of nitrogens with zero attached hydrogens (tertiary/aromatic N) is 2. The van der Waals surface area contributed by atoms with E-state index >= 15 is 0 Å². The lowest BCUT2D eigenvalue weighted by molar-refractivity contribution is -0.125. The van der Waals surface area contributed by atoms with Crippen molar-refractivity contribution >= 4 is 34.6 Å². The SMILES string of the molecule is O=C1Nc2ccccc2C(O)[C@]12CC(c1ccccc1)=NN2c1ccc(Cl)cc1. The van der Waals surface area contributed by atoms with Gasteiger partial charge in [-0.2, -0.15) is 5.10 Å². The van der Waals surface area contributed by atoms with Gasteiger partial charge in [-0.15, -0.1) is 0 Å². The lowest BCUT2D eigenvalue weighted by Crippen LogP contribution is -2.59. The summed E-state index contributed by atoms with van der Waals surface area (Å²) in [6.45, 7) is 0. The highest BCUT2D eigenvalue weighted by atomic mass is 35.5. The second-order valence-corrected chi connectivity index (χ2v) is 7.68. The summed E-state index contributed by atoms with van der Waals surface area (Å²) in [6.07, 6.45) is -0.769. The topological polar surface area (TPSA) is 64.9 Å². The molecule has 2 heterocycles. The van der Waals surface area contributed by atoms with Gasteiger partial charge in [0.2, 0.25) is 0 Å². The van der Waals surface area contributed by atoms with E-state index in [1.807, 2.05) is 60.7 Å². The van der Waals surface area contributed by atoms with E-state index in [1.54, 1.807) is 23.2 Å². The molecule has 2 aliphatic heterocycles. The standard InChI is InChI=1S/C23H18ClN3O2/c24-16-10-12-17(13-11-16)27-23(14-20(26-27)15-6-2-1-3-7-15)21(28)18-8-4-5-9-19(18)25-22(23)29/h1-13,21,28H,14H2,(H,25,29)/t21?,23-/m1/s1. The van der Waals surface area contributed by atoms with Gasteiger partial charge in [0.15, 0.2) is 5.54 Å². The number of hydrazone groups is 1. The summed E-state index contributed by atoms with van der Waals surface area (Å²) in [7, 11) is 0. The van der Waals surface area contributed by atoms with E-state index in [4.69, 9.17) is 16.7 Å². The van der Waals surface area contributed by atoms with Gasteiger partial charge in [0, 0.05) is 22.7 Å². The monoisotopic (exact) mass is 403 g/mol. The molecule has 6 heteroatoms. The van der Waals surface area contributed by atoms with Crippen LogP contribution in [0.5, 0.6) is 0 Å². The van der Waals surface area contributed by atoms with Gasteiger partial charge < -0.3 is 10.4 Å². The molecule has 144 valence electrons. The molecule has 0 fully saturated rings. The minimum Gasteiger partial charge on any atom is -0.385 e. The van der Waals surface area contributed by atoms with Crippen LogP contribution in [0.1, 0.15) is 23.7 Å². The van der Waals surface area contributed by atoms with Crippen molar-refractivity contribution < 1.29 is 9.90 Å². The molecule has 2 N–H and O–H groups in total. The average molecular weight is 404 g/mol. The Kier molecular flexibility index (Phi) is 4.15. The first-order valence-electron chi connectivity index (χ1n) is 9.37. The fourth-order valence-corrected chi connectivity index (χ4v) is 4.21. The lowest BCUT2D eigenvalue weighted by atomic mass is 9.78. The Bertz CT molecular complexity index is 1110. The summed E-state index contributed by atoms with van der Waals surface area (Å²) in [5.74, 6) is -0.284. The van der Waals surface area contributed by atoms with Gasteiger partial charge in [-0.05, 0) is 35.9 Å². The van der Waals surface area contributed by atoms with Crippen LogP contribution >= 0.6 is 11.6 Å². The van der Waals surface area contributed by atoms with Gasteiger partial charge in [0.1, 0.15) is 6.10 Å². The molecule has 1 spiro atoms. The Morgan fingerprint density at radius 3 is 2.45 bits per heavy atom. The van der Waals surface area contributed by atoms with E-state index in [1.165, 1.54) is 0 Å². The number of aliphatic hydroxyl groups excluding tert-OH is 1. The fourth-order valence-electron chi connectivity index (χ4n) is 4.09. The van der Waals surface area contributed by atoms with Gasteiger partial charge in [-0.3, -0.25) is 4.79 Å². The molecule has 29 heavy (non-hydrogen) atoms. The van der Waals surface area contributed by atoms with Gasteiger partial charge in [-0.1, -0.05) is 60.1 Å². The van der Waals surface area contributed by atoms with Crippen molar-refractivity contribution in [2.75, 3.05) is 10.3 Å². The maximum atomic E-state index is 13.4. The minimum atomic E-state index is -1.28. The largest absolute Gasteiger partial charge is 0.385 e. The highest BCUT2D eigenvalue weighted by Crippen LogP contribution is 2.47. The maximum absolute atomic E-state index is 13.4. The lowest BCUT2D eigenvalue weighted by Gasteiger charge is -2.43. The van der Waals surface area contributed by atoms with E-state index < -0.39 is 11.6 Å². The van der Waals surface area contributed by atoms with E-state index in [0.717, 1.165) is 11.3 Å². The molecule has 3 aromatic carbocycles. The number of halogens is 1. The number of carbonyl (C=O) groups excluding carboxylic acids is 1. The Morgan fingerprint density at radius 2 is 1.69 bits per heavy atom. The summed E-state index contributed by atoms with van der Waals surface area (Å²) in [5, 5.41) is 21.4. The molecule has 0 bridgehead atoms. The molecule has 0 aromatic heterocycles. The summed E-state index contributed by atoms with van der Waals surface area (Å²) < 4.78 is 0. The molecule has 1 unspecified atom stereocenters. The van der Waals surface area contributed by atoms with Crippen molar-refractivity contribution in [3.8, 4) is 0 Å². The molecule has 0 saturated heterocycles. The van der Waals surface area contributed by atoms with Crippen LogP contribution in [0, 0.1) is 0 Å². The van der Waals surface area contributed by atoms with Gasteiger partial charge >= 0.3 is 0 Å². The average Bonchev–Trinajstić information content (AvgIpc) is 3.16. The number of hydrogen-bond donors (Lipinski definition) is 2. The van der Waals surface area contributed by atoms with Crippen LogP contribution in [0.2, 0.25) is 5.02 Å². The minimum absolute atomic E-state index is 0.279. The van der Waals surface area contributed by atoms with Crippen molar-refractivity contribution in [3.63, 3.8) is 0 Å². The molecule has 0 saturated carbocycles. The molecule has 1 amide bonds. The third-order valence-corrected chi connectivity index (χ3v) is 5.81. The Labute approximate surface area is 173 Å². The van der Waals surface area contributed by atoms with Gasteiger partial charge in [0.05, 0.1) is 11.4 Å². The molecule has 2 aliphatic rings. The zero-order valence-electron chi connectivity index (χ0n) is 15.4. The third-order valence-electron chi connectivity index (χ3n) is 5.56. The number of carbonyl (C=O) groups is 1. The van der Waals surface area contributed by atoms with Crippen molar-refractivity contribution in [3.05, 3.63) is 95.0 Å². The van der Waals surface area contributed by atoms with Crippen molar-refractivity contribution in [1.82, 2.24) is 0 Å². The highest BCUT2D eigenvalue weighted by Gasteiger charge is 2.58. The number of aliphatic hydroxyl groups is 1. The van der Waals surface area contributed by atoms with Gasteiger partial charge in [0.25, 0.3) is 5.91 Å². The van der Waals surface area contributed by atoms with Crippen molar-refractivity contribution in [1.29, 1.82) is 0 Å².